The van der Waals surface area contributed by atoms with Crippen molar-refractivity contribution in [1.82, 2.24) is 5.32 Å². The molecule has 1 aromatic carbocycles. The second-order valence-corrected chi connectivity index (χ2v) is 4.59. The SMILES string of the molecule is CCNCCC(=O)Nc1c(Cl)cc(C(=O)O)cc1Cl. The van der Waals surface area contributed by atoms with Crippen LogP contribution in [0.3, 0.4) is 0 Å². The van der Waals surface area contributed by atoms with Crippen LogP contribution in [0.25, 0.3) is 0 Å². The minimum atomic E-state index is -1.13. The summed E-state index contributed by atoms with van der Waals surface area (Å²) in [5.41, 5.74) is 0.204. The number of aromatic carboxylic acids is 1. The van der Waals surface area contributed by atoms with Crippen molar-refractivity contribution in [2.45, 2.75) is 13.3 Å². The van der Waals surface area contributed by atoms with E-state index < -0.39 is 5.97 Å². The van der Waals surface area contributed by atoms with E-state index in [0.29, 0.717) is 6.54 Å². The molecule has 104 valence electrons. The highest BCUT2D eigenvalue weighted by molar-refractivity contribution is 6.40. The van der Waals surface area contributed by atoms with E-state index in [2.05, 4.69) is 10.6 Å². The number of hydrogen-bond acceptors (Lipinski definition) is 3. The molecule has 1 rings (SSSR count). The summed E-state index contributed by atoms with van der Waals surface area (Å²) in [6.07, 6.45) is 0.279. The molecule has 1 aromatic rings. The highest BCUT2D eigenvalue weighted by Crippen LogP contribution is 2.31. The number of carboxylic acids is 1. The summed E-state index contributed by atoms with van der Waals surface area (Å²) in [5.74, 6) is -1.37. The van der Waals surface area contributed by atoms with Crippen molar-refractivity contribution < 1.29 is 14.7 Å². The Bertz CT molecular complexity index is 469. The first-order valence-corrected chi connectivity index (χ1v) is 6.44. The number of nitrogens with one attached hydrogen (secondary N) is 2. The minimum Gasteiger partial charge on any atom is -0.478 e. The number of carboxylic acid groups (broad SMARTS) is 1. The zero-order chi connectivity index (χ0) is 14.4. The number of halogens is 2. The molecule has 0 unspecified atom stereocenters. The first-order chi connectivity index (χ1) is 8.95. The van der Waals surface area contributed by atoms with Crippen LogP contribution in [0.2, 0.25) is 10.0 Å². The highest BCUT2D eigenvalue weighted by atomic mass is 35.5. The lowest BCUT2D eigenvalue weighted by molar-refractivity contribution is -0.116. The van der Waals surface area contributed by atoms with Crippen molar-refractivity contribution in [1.29, 1.82) is 0 Å². The fraction of sp³-hybridized carbons (Fsp3) is 0.333. The van der Waals surface area contributed by atoms with Crippen LogP contribution in [-0.4, -0.2) is 30.1 Å². The van der Waals surface area contributed by atoms with Gasteiger partial charge in [-0.25, -0.2) is 4.79 Å². The average molecular weight is 305 g/mol. The number of carbonyl (C=O) groups excluding carboxylic acids is 1. The molecule has 0 heterocycles. The van der Waals surface area contributed by atoms with Crippen LogP contribution in [0, 0.1) is 0 Å². The second kappa shape index (κ2) is 7.33. The van der Waals surface area contributed by atoms with E-state index >= 15 is 0 Å². The number of carbonyl (C=O) groups is 2. The van der Waals surface area contributed by atoms with Gasteiger partial charge >= 0.3 is 5.97 Å². The van der Waals surface area contributed by atoms with Crippen LogP contribution in [-0.2, 0) is 4.79 Å². The van der Waals surface area contributed by atoms with Gasteiger partial charge < -0.3 is 15.7 Å². The van der Waals surface area contributed by atoms with Crippen LogP contribution in [0.1, 0.15) is 23.7 Å². The molecule has 0 aliphatic carbocycles. The van der Waals surface area contributed by atoms with E-state index in [1.807, 2.05) is 6.92 Å². The number of amides is 1. The van der Waals surface area contributed by atoms with Crippen LogP contribution >= 0.6 is 23.2 Å². The Kier molecular flexibility index (Phi) is 6.08. The van der Waals surface area contributed by atoms with Gasteiger partial charge in [0, 0.05) is 13.0 Å². The number of benzene rings is 1. The molecule has 0 spiro atoms. The maximum Gasteiger partial charge on any atom is 0.335 e. The lowest BCUT2D eigenvalue weighted by atomic mass is 10.2. The smallest absolute Gasteiger partial charge is 0.335 e. The third-order valence-corrected chi connectivity index (χ3v) is 2.93. The first-order valence-electron chi connectivity index (χ1n) is 5.68. The average Bonchev–Trinajstić information content (AvgIpc) is 2.33. The number of hydrogen-bond donors (Lipinski definition) is 3. The Morgan fingerprint density at radius 1 is 1.26 bits per heavy atom. The number of anilines is 1. The van der Waals surface area contributed by atoms with E-state index in [0.717, 1.165) is 6.54 Å². The zero-order valence-electron chi connectivity index (χ0n) is 10.3. The van der Waals surface area contributed by atoms with E-state index in [1.165, 1.54) is 12.1 Å². The molecule has 0 aromatic heterocycles. The Morgan fingerprint density at radius 3 is 2.32 bits per heavy atom. The molecule has 3 N–H and O–H groups in total. The summed E-state index contributed by atoms with van der Waals surface area (Å²) in [5, 5.41) is 14.6. The molecule has 19 heavy (non-hydrogen) atoms. The Morgan fingerprint density at radius 2 is 1.84 bits per heavy atom. The molecule has 0 radical (unpaired) electrons. The minimum absolute atomic E-state index is 0.0272. The molecule has 0 atom stereocenters. The standard InChI is InChI=1S/C12H14Cl2N2O3/c1-2-15-4-3-10(17)16-11-8(13)5-7(12(18)19)6-9(11)14/h5-6,15H,2-4H2,1H3,(H,16,17)(H,18,19). The lowest BCUT2D eigenvalue weighted by Crippen LogP contribution is -2.21. The van der Waals surface area contributed by atoms with Gasteiger partial charge in [-0.05, 0) is 18.7 Å². The summed E-state index contributed by atoms with van der Waals surface area (Å²) in [7, 11) is 0. The Balaban J connectivity index is 2.79. The molecular weight excluding hydrogens is 291 g/mol. The van der Waals surface area contributed by atoms with E-state index in [9.17, 15) is 9.59 Å². The molecule has 5 nitrogen and oxygen atoms in total. The summed E-state index contributed by atoms with van der Waals surface area (Å²) in [6, 6.07) is 2.49. The first kappa shape index (κ1) is 15.8. The Hall–Kier alpha value is -1.30. The molecule has 0 fully saturated rings. The largest absolute Gasteiger partial charge is 0.478 e. The number of rotatable bonds is 6. The molecule has 0 aliphatic heterocycles. The molecule has 0 aliphatic rings. The van der Waals surface area contributed by atoms with Crippen molar-refractivity contribution in [3.05, 3.63) is 27.7 Å². The third kappa shape index (κ3) is 4.70. The normalized spacial score (nSPS) is 10.3. The molecule has 0 saturated heterocycles. The van der Waals surface area contributed by atoms with Crippen molar-refractivity contribution in [2.75, 3.05) is 18.4 Å². The molecule has 1 amide bonds. The van der Waals surface area contributed by atoms with Gasteiger partial charge in [0.15, 0.2) is 0 Å². The Labute approximate surface area is 120 Å². The van der Waals surface area contributed by atoms with Crippen molar-refractivity contribution >= 4 is 40.8 Å². The van der Waals surface area contributed by atoms with Crippen LogP contribution < -0.4 is 10.6 Å². The van der Waals surface area contributed by atoms with Gasteiger partial charge in [0.2, 0.25) is 5.91 Å². The van der Waals surface area contributed by atoms with Crippen molar-refractivity contribution in [2.24, 2.45) is 0 Å². The zero-order valence-corrected chi connectivity index (χ0v) is 11.8. The van der Waals surface area contributed by atoms with Gasteiger partial charge in [-0.15, -0.1) is 0 Å². The van der Waals surface area contributed by atoms with Crippen molar-refractivity contribution in [3.8, 4) is 0 Å². The van der Waals surface area contributed by atoms with Gasteiger partial charge in [-0.3, -0.25) is 4.79 Å². The second-order valence-electron chi connectivity index (χ2n) is 3.77. The summed E-state index contributed by atoms with van der Waals surface area (Å²) < 4.78 is 0. The molecule has 0 saturated carbocycles. The summed E-state index contributed by atoms with van der Waals surface area (Å²) in [4.78, 5) is 22.4. The van der Waals surface area contributed by atoms with Crippen LogP contribution in [0.4, 0.5) is 5.69 Å². The van der Waals surface area contributed by atoms with Crippen LogP contribution in [0.5, 0.6) is 0 Å². The molecular formula is C12H14Cl2N2O3. The van der Waals surface area contributed by atoms with Gasteiger partial charge in [0.25, 0.3) is 0 Å². The van der Waals surface area contributed by atoms with Gasteiger partial charge in [0.1, 0.15) is 0 Å². The van der Waals surface area contributed by atoms with Gasteiger partial charge in [-0.1, -0.05) is 30.1 Å². The van der Waals surface area contributed by atoms with Crippen molar-refractivity contribution in [3.63, 3.8) is 0 Å². The molecule has 0 bridgehead atoms. The summed E-state index contributed by atoms with van der Waals surface area (Å²) >= 11 is 11.8. The van der Waals surface area contributed by atoms with Gasteiger partial charge in [0.05, 0.1) is 21.3 Å². The predicted molar refractivity (Wildman–Crippen MR) is 75.2 cm³/mol. The fourth-order valence-electron chi connectivity index (χ4n) is 1.40. The highest BCUT2D eigenvalue weighted by Gasteiger charge is 2.14. The molecule has 7 heteroatoms. The van der Waals surface area contributed by atoms with Crippen LogP contribution in [0.15, 0.2) is 12.1 Å². The van der Waals surface area contributed by atoms with E-state index in [-0.39, 0.29) is 33.6 Å². The van der Waals surface area contributed by atoms with Gasteiger partial charge in [-0.2, -0.15) is 0 Å². The fourth-order valence-corrected chi connectivity index (χ4v) is 1.98. The lowest BCUT2D eigenvalue weighted by Gasteiger charge is -2.10. The quantitative estimate of drug-likeness (QED) is 0.706. The van der Waals surface area contributed by atoms with E-state index in [4.69, 9.17) is 28.3 Å². The monoisotopic (exact) mass is 304 g/mol. The van der Waals surface area contributed by atoms with E-state index in [1.54, 1.807) is 0 Å². The maximum atomic E-state index is 11.6. The summed E-state index contributed by atoms with van der Waals surface area (Å²) in [6.45, 7) is 3.27. The topological polar surface area (TPSA) is 78.4 Å². The third-order valence-electron chi connectivity index (χ3n) is 2.33. The predicted octanol–water partition coefficient (Wildman–Crippen LogP) is 2.63. The maximum absolute atomic E-state index is 11.6.